The van der Waals surface area contributed by atoms with Crippen LogP contribution in [-0.2, 0) is 17.8 Å². The number of nitrogens with one attached hydrogen (secondary N) is 1. The van der Waals surface area contributed by atoms with Crippen LogP contribution in [0.4, 0.5) is 5.13 Å². The highest BCUT2D eigenvalue weighted by Gasteiger charge is 2.24. The number of aromatic nitrogens is 3. The van der Waals surface area contributed by atoms with E-state index in [1.807, 2.05) is 25.5 Å². The maximum absolute atomic E-state index is 11.0. The molecule has 1 atom stereocenters. The number of hydrogen-bond donors (Lipinski definition) is 1. The van der Waals surface area contributed by atoms with E-state index < -0.39 is 0 Å². The lowest BCUT2D eigenvalue weighted by molar-refractivity contribution is -0.114. The third-order valence-corrected chi connectivity index (χ3v) is 4.79. The Hall–Kier alpha value is -1.86. The van der Waals surface area contributed by atoms with Crippen LogP contribution < -0.4 is 5.32 Å². The van der Waals surface area contributed by atoms with E-state index in [1.165, 1.54) is 18.2 Å². The highest BCUT2D eigenvalue weighted by molar-refractivity contribution is 7.15. The molecular formula is C16H21N5OS. The summed E-state index contributed by atoms with van der Waals surface area (Å²) in [4.78, 5) is 27.7. The molecule has 2 aromatic heterocycles. The highest BCUT2D eigenvalue weighted by atomic mass is 32.1. The molecule has 122 valence electrons. The van der Waals surface area contributed by atoms with Crippen molar-refractivity contribution < 1.29 is 4.79 Å². The largest absolute Gasteiger partial charge is 0.302 e. The minimum atomic E-state index is -0.0785. The molecule has 0 bridgehead atoms. The second-order valence-electron chi connectivity index (χ2n) is 6.08. The summed E-state index contributed by atoms with van der Waals surface area (Å²) in [5.74, 6) is 1.47. The van der Waals surface area contributed by atoms with Gasteiger partial charge in [-0.1, -0.05) is 0 Å². The van der Waals surface area contributed by atoms with Crippen molar-refractivity contribution >= 4 is 22.4 Å². The van der Waals surface area contributed by atoms with Gasteiger partial charge in [-0.25, -0.2) is 15.0 Å². The van der Waals surface area contributed by atoms with Gasteiger partial charge in [0.2, 0.25) is 5.91 Å². The number of amides is 1. The van der Waals surface area contributed by atoms with Crippen LogP contribution in [0.5, 0.6) is 0 Å². The average molecular weight is 331 g/mol. The third-order valence-electron chi connectivity index (χ3n) is 3.89. The first kappa shape index (κ1) is 16.0. The van der Waals surface area contributed by atoms with Gasteiger partial charge >= 0.3 is 0 Å². The van der Waals surface area contributed by atoms with Gasteiger partial charge < -0.3 is 5.32 Å². The molecular weight excluding hydrogens is 310 g/mol. The molecule has 0 radical (unpaired) electrons. The molecule has 0 aromatic carbocycles. The van der Waals surface area contributed by atoms with E-state index in [-0.39, 0.29) is 5.91 Å². The molecule has 7 heteroatoms. The van der Waals surface area contributed by atoms with E-state index in [2.05, 4.69) is 25.2 Å². The topological polar surface area (TPSA) is 71.0 Å². The second-order valence-corrected chi connectivity index (χ2v) is 7.20. The molecule has 1 aliphatic rings. The Bertz CT molecular complexity index is 669. The maximum atomic E-state index is 11.0. The third kappa shape index (κ3) is 4.56. The molecule has 1 fully saturated rings. The molecule has 6 nitrogen and oxygen atoms in total. The Morgan fingerprint density at radius 3 is 2.87 bits per heavy atom. The zero-order valence-corrected chi connectivity index (χ0v) is 14.3. The summed E-state index contributed by atoms with van der Waals surface area (Å²) < 4.78 is 0. The molecule has 1 N–H and O–H groups in total. The van der Waals surface area contributed by atoms with Gasteiger partial charge in [-0.2, -0.15) is 0 Å². The van der Waals surface area contributed by atoms with E-state index in [9.17, 15) is 4.79 Å². The van der Waals surface area contributed by atoms with Crippen molar-refractivity contribution in [1.29, 1.82) is 0 Å². The van der Waals surface area contributed by atoms with E-state index in [0.29, 0.717) is 11.0 Å². The van der Waals surface area contributed by atoms with Crippen LogP contribution in [-0.4, -0.2) is 38.8 Å². The molecule has 1 amide bonds. The number of likely N-dealkylation sites (tertiary alicyclic amines) is 1. The summed E-state index contributed by atoms with van der Waals surface area (Å²) in [5.41, 5.74) is 1.10. The van der Waals surface area contributed by atoms with Crippen LogP contribution in [0, 0.1) is 12.8 Å². The van der Waals surface area contributed by atoms with Gasteiger partial charge in [-0.05, 0) is 31.4 Å². The fourth-order valence-corrected chi connectivity index (χ4v) is 3.72. The maximum Gasteiger partial charge on any atom is 0.223 e. The van der Waals surface area contributed by atoms with Crippen LogP contribution in [0.25, 0.3) is 0 Å². The van der Waals surface area contributed by atoms with Crippen molar-refractivity contribution in [3.05, 3.63) is 34.9 Å². The summed E-state index contributed by atoms with van der Waals surface area (Å²) >= 11 is 1.55. The lowest BCUT2D eigenvalue weighted by Gasteiger charge is -2.14. The quantitative estimate of drug-likeness (QED) is 0.910. The standard InChI is InChI=1S/C16H21N5OS/c1-11-6-17-15(18-7-11)5-13-3-4-21(9-13)10-14-8-19-16(23-14)20-12(2)22/h6-8,13H,3-5,9-10H2,1-2H3,(H,19,20,22)/t13-/m1/s1. The summed E-state index contributed by atoms with van der Waals surface area (Å²) in [6.45, 7) is 6.54. The molecule has 3 rings (SSSR count). The van der Waals surface area contributed by atoms with Crippen molar-refractivity contribution in [2.45, 2.75) is 33.2 Å². The number of anilines is 1. The van der Waals surface area contributed by atoms with E-state index in [1.54, 1.807) is 11.3 Å². The molecule has 1 aliphatic heterocycles. The molecule has 2 aromatic rings. The normalized spacial score (nSPS) is 18.3. The lowest BCUT2D eigenvalue weighted by atomic mass is 10.0. The van der Waals surface area contributed by atoms with Gasteiger partial charge in [0, 0.05) is 49.9 Å². The summed E-state index contributed by atoms with van der Waals surface area (Å²) in [6, 6.07) is 0. The monoisotopic (exact) mass is 331 g/mol. The summed E-state index contributed by atoms with van der Waals surface area (Å²) in [5, 5.41) is 3.41. The van der Waals surface area contributed by atoms with Crippen LogP contribution in [0.2, 0.25) is 0 Å². The minimum absolute atomic E-state index is 0.0785. The fraction of sp³-hybridized carbons (Fsp3) is 0.500. The Balaban J connectivity index is 1.50. The summed E-state index contributed by atoms with van der Waals surface area (Å²) in [6.07, 6.45) is 7.74. The molecule has 0 aliphatic carbocycles. The first-order chi connectivity index (χ1) is 11.1. The number of hydrogen-bond acceptors (Lipinski definition) is 6. The fourth-order valence-electron chi connectivity index (χ4n) is 2.82. The predicted octanol–water partition coefficient (Wildman–Crippen LogP) is 2.26. The van der Waals surface area contributed by atoms with E-state index in [4.69, 9.17) is 0 Å². The minimum Gasteiger partial charge on any atom is -0.302 e. The van der Waals surface area contributed by atoms with Crippen molar-refractivity contribution in [3.8, 4) is 0 Å². The Morgan fingerprint density at radius 2 is 2.13 bits per heavy atom. The molecule has 1 saturated heterocycles. The summed E-state index contributed by atoms with van der Waals surface area (Å²) in [7, 11) is 0. The molecule has 0 spiro atoms. The number of carbonyl (C=O) groups excluding carboxylic acids is 1. The van der Waals surface area contributed by atoms with Gasteiger partial charge in [0.1, 0.15) is 5.82 Å². The van der Waals surface area contributed by atoms with Crippen LogP contribution in [0.1, 0.15) is 29.6 Å². The van der Waals surface area contributed by atoms with Crippen LogP contribution in [0.3, 0.4) is 0 Å². The molecule has 23 heavy (non-hydrogen) atoms. The first-order valence-corrected chi connectivity index (χ1v) is 8.62. The number of rotatable bonds is 5. The van der Waals surface area contributed by atoms with Crippen molar-refractivity contribution in [2.75, 3.05) is 18.4 Å². The zero-order valence-electron chi connectivity index (χ0n) is 13.5. The highest BCUT2D eigenvalue weighted by Crippen LogP contribution is 2.24. The van der Waals surface area contributed by atoms with Gasteiger partial charge in [0.15, 0.2) is 5.13 Å². The van der Waals surface area contributed by atoms with Gasteiger partial charge in [-0.3, -0.25) is 9.69 Å². The number of nitrogens with zero attached hydrogens (tertiary/aromatic N) is 4. The van der Waals surface area contributed by atoms with E-state index >= 15 is 0 Å². The number of thiazole rings is 1. The van der Waals surface area contributed by atoms with Crippen LogP contribution >= 0.6 is 11.3 Å². The van der Waals surface area contributed by atoms with E-state index in [0.717, 1.165) is 37.4 Å². The van der Waals surface area contributed by atoms with Gasteiger partial charge in [0.25, 0.3) is 0 Å². The Labute approximate surface area is 140 Å². The molecule has 3 heterocycles. The number of carbonyl (C=O) groups is 1. The molecule has 0 unspecified atom stereocenters. The Morgan fingerprint density at radius 1 is 1.35 bits per heavy atom. The lowest BCUT2D eigenvalue weighted by Crippen LogP contribution is -2.20. The Kier molecular flexibility index (Phi) is 4.97. The second kappa shape index (κ2) is 7.14. The van der Waals surface area contributed by atoms with Gasteiger partial charge in [-0.15, -0.1) is 11.3 Å². The van der Waals surface area contributed by atoms with Crippen molar-refractivity contribution in [2.24, 2.45) is 5.92 Å². The average Bonchev–Trinajstić information content (AvgIpc) is 3.11. The van der Waals surface area contributed by atoms with Gasteiger partial charge in [0.05, 0.1) is 0 Å². The van der Waals surface area contributed by atoms with Crippen molar-refractivity contribution in [3.63, 3.8) is 0 Å². The molecule has 0 saturated carbocycles. The number of aryl methyl sites for hydroxylation is 1. The first-order valence-electron chi connectivity index (χ1n) is 7.80. The van der Waals surface area contributed by atoms with Crippen LogP contribution in [0.15, 0.2) is 18.6 Å². The zero-order chi connectivity index (χ0) is 16.2. The SMILES string of the molecule is CC(=O)Nc1ncc(CN2CC[C@H](Cc3ncc(C)cn3)C2)s1. The smallest absolute Gasteiger partial charge is 0.223 e. The predicted molar refractivity (Wildman–Crippen MR) is 90.3 cm³/mol. The van der Waals surface area contributed by atoms with Crippen molar-refractivity contribution in [1.82, 2.24) is 19.9 Å².